The Hall–Kier alpha value is -2.07. The average Bonchev–Trinajstić information content (AvgIpc) is 3.18. The maximum atomic E-state index is 13.2. The molecule has 2 aromatic rings. The topological polar surface area (TPSA) is 32.3 Å². The standard InChI is InChI=1S/C19H20ClFN2O/c1-19(15-8-3-4-9-16(15)20)11-17(19)22-18(24)23(2)12-13-6-5-7-14(21)10-13/h3-10,17H,11-12H2,1-2H3,(H,22,24). The number of halogens is 2. The Morgan fingerprint density at radius 1 is 1.33 bits per heavy atom. The monoisotopic (exact) mass is 346 g/mol. The molecule has 0 aromatic heterocycles. The van der Waals surface area contributed by atoms with Gasteiger partial charge in [0.05, 0.1) is 0 Å². The molecule has 1 aliphatic carbocycles. The van der Waals surface area contributed by atoms with Gasteiger partial charge in [0.1, 0.15) is 5.82 Å². The van der Waals surface area contributed by atoms with Gasteiger partial charge >= 0.3 is 6.03 Å². The summed E-state index contributed by atoms with van der Waals surface area (Å²) < 4.78 is 13.2. The molecule has 126 valence electrons. The highest BCUT2D eigenvalue weighted by Crippen LogP contribution is 2.50. The van der Waals surface area contributed by atoms with Crippen molar-refractivity contribution in [3.8, 4) is 0 Å². The molecule has 2 unspecified atom stereocenters. The lowest BCUT2D eigenvalue weighted by Gasteiger charge is -2.20. The first kappa shape index (κ1) is 16.8. The summed E-state index contributed by atoms with van der Waals surface area (Å²) in [6, 6.07) is 13.9. The minimum atomic E-state index is -0.296. The van der Waals surface area contributed by atoms with E-state index in [1.165, 1.54) is 12.1 Å². The summed E-state index contributed by atoms with van der Waals surface area (Å²) in [5.41, 5.74) is 1.69. The van der Waals surface area contributed by atoms with Crippen molar-refractivity contribution in [2.24, 2.45) is 0 Å². The first-order valence-corrected chi connectivity index (χ1v) is 8.29. The SMILES string of the molecule is CN(Cc1cccc(F)c1)C(=O)NC1CC1(C)c1ccccc1Cl. The number of hydrogen-bond acceptors (Lipinski definition) is 1. The van der Waals surface area contributed by atoms with E-state index in [4.69, 9.17) is 11.6 Å². The molecule has 2 atom stereocenters. The molecule has 1 N–H and O–H groups in total. The second kappa shape index (κ2) is 6.44. The van der Waals surface area contributed by atoms with Crippen molar-refractivity contribution in [3.05, 3.63) is 70.5 Å². The molecule has 5 heteroatoms. The van der Waals surface area contributed by atoms with Crippen molar-refractivity contribution in [1.29, 1.82) is 0 Å². The van der Waals surface area contributed by atoms with Gasteiger partial charge in [-0.1, -0.05) is 48.9 Å². The Morgan fingerprint density at radius 3 is 2.79 bits per heavy atom. The van der Waals surface area contributed by atoms with E-state index in [9.17, 15) is 9.18 Å². The largest absolute Gasteiger partial charge is 0.334 e. The average molecular weight is 347 g/mol. The zero-order chi connectivity index (χ0) is 17.3. The van der Waals surface area contributed by atoms with E-state index < -0.39 is 0 Å². The molecule has 0 saturated heterocycles. The highest BCUT2D eigenvalue weighted by molar-refractivity contribution is 6.31. The summed E-state index contributed by atoms with van der Waals surface area (Å²) in [6.07, 6.45) is 0.857. The van der Waals surface area contributed by atoms with E-state index in [0.717, 1.165) is 22.6 Å². The van der Waals surface area contributed by atoms with Gasteiger partial charge < -0.3 is 10.2 Å². The number of benzene rings is 2. The molecule has 24 heavy (non-hydrogen) atoms. The molecular weight excluding hydrogens is 327 g/mol. The fraction of sp³-hybridized carbons (Fsp3) is 0.316. The van der Waals surface area contributed by atoms with Crippen LogP contribution in [0.3, 0.4) is 0 Å². The number of hydrogen-bond donors (Lipinski definition) is 1. The zero-order valence-corrected chi connectivity index (χ0v) is 14.5. The second-order valence-corrected chi connectivity index (χ2v) is 7.00. The summed E-state index contributed by atoms with van der Waals surface area (Å²) in [6.45, 7) is 2.46. The minimum absolute atomic E-state index is 0.0554. The van der Waals surface area contributed by atoms with Crippen molar-refractivity contribution in [2.45, 2.75) is 31.3 Å². The molecule has 3 rings (SSSR count). The number of nitrogens with one attached hydrogen (secondary N) is 1. The highest BCUT2D eigenvalue weighted by Gasteiger charge is 2.53. The fourth-order valence-electron chi connectivity index (χ4n) is 3.04. The minimum Gasteiger partial charge on any atom is -0.334 e. The Labute approximate surface area is 146 Å². The number of carbonyl (C=O) groups is 1. The molecule has 1 saturated carbocycles. The van der Waals surface area contributed by atoms with Gasteiger partial charge in [-0.15, -0.1) is 0 Å². The van der Waals surface area contributed by atoms with E-state index in [1.807, 2.05) is 24.3 Å². The third kappa shape index (κ3) is 3.39. The van der Waals surface area contributed by atoms with E-state index in [0.29, 0.717) is 6.54 Å². The van der Waals surface area contributed by atoms with Crippen LogP contribution < -0.4 is 5.32 Å². The number of carbonyl (C=O) groups excluding carboxylic acids is 1. The van der Waals surface area contributed by atoms with Crippen LogP contribution >= 0.6 is 11.6 Å². The van der Waals surface area contributed by atoms with Crippen LogP contribution in [0, 0.1) is 5.82 Å². The third-order valence-electron chi connectivity index (χ3n) is 4.68. The second-order valence-electron chi connectivity index (χ2n) is 6.59. The molecule has 0 radical (unpaired) electrons. The van der Waals surface area contributed by atoms with Gasteiger partial charge in [-0.2, -0.15) is 0 Å². The maximum Gasteiger partial charge on any atom is 0.317 e. The van der Waals surface area contributed by atoms with Crippen molar-refractivity contribution in [1.82, 2.24) is 10.2 Å². The number of urea groups is 1. The van der Waals surface area contributed by atoms with Crippen LogP contribution in [0.25, 0.3) is 0 Å². The van der Waals surface area contributed by atoms with Gasteiger partial charge in [0.15, 0.2) is 0 Å². The van der Waals surface area contributed by atoms with Crippen LogP contribution in [0.15, 0.2) is 48.5 Å². The fourth-order valence-corrected chi connectivity index (χ4v) is 3.39. The molecule has 2 aromatic carbocycles. The predicted octanol–water partition coefficient (Wildman–Crippen LogP) is 4.35. The molecule has 2 amide bonds. The highest BCUT2D eigenvalue weighted by atomic mass is 35.5. The van der Waals surface area contributed by atoms with Gasteiger partial charge in [-0.25, -0.2) is 9.18 Å². The van der Waals surface area contributed by atoms with Crippen LogP contribution in [0.1, 0.15) is 24.5 Å². The first-order valence-electron chi connectivity index (χ1n) is 7.91. The van der Waals surface area contributed by atoms with Crippen LogP contribution in [0.2, 0.25) is 5.02 Å². The Morgan fingerprint density at radius 2 is 2.08 bits per heavy atom. The van der Waals surface area contributed by atoms with Crippen molar-refractivity contribution >= 4 is 17.6 Å². The molecule has 1 aliphatic rings. The van der Waals surface area contributed by atoms with E-state index in [2.05, 4.69) is 12.2 Å². The smallest absolute Gasteiger partial charge is 0.317 e. The normalized spacial score (nSPS) is 22.1. The Kier molecular flexibility index (Phi) is 4.50. The summed E-state index contributed by atoms with van der Waals surface area (Å²) in [5.74, 6) is -0.296. The number of rotatable bonds is 4. The lowest BCUT2D eigenvalue weighted by atomic mass is 9.97. The number of nitrogens with zero attached hydrogens (tertiary/aromatic N) is 1. The molecular formula is C19H20ClFN2O. The molecule has 0 heterocycles. The van der Waals surface area contributed by atoms with Crippen LogP contribution in [0.5, 0.6) is 0 Å². The molecule has 0 spiro atoms. The van der Waals surface area contributed by atoms with Crippen LogP contribution in [0.4, 0.5) is 9.18 Å². The molecule has 1 fully saturated rings. The summed E-state index contributed by atoms with van der Waals surface area (Å²) in [5, 5.41) is 3.77. The summed E-state index contributed by atoms with van der Waals surface area (Å²) in [7, 11) is 1.70. The first-order chi connectivity index (χ1) is 11.4. The van der Waals surface area contributed by atoms with E-state index in [1.54, 1.807) is 24.1 Å². The zero-order valence-electron chi connectivity index (χ0n) is 13.7. The Bertz CT molecular complexity index is 767. The van der Waals surface area contributed by atoms with Crippen molar-refractivity contribution in [2.75, 3.05) is 7.05 Å². The molecule has 0 aliphatic heterocycles. The predicted molar refractivity (Wildman–Crippen MR) is 93.6 cm³/mol. The summed E-state index contributed by atoms with van der Waals surface area (Å²) >= 11 is 6.28. The van der Waals surface area contributed by atoms with Crippen LogP contribution in [-0.4, -0.2) is 24.0 Å². The van der Waals surface area contributed by atoms with Gasteiger partial charge in [-0.05, 0) is 35.7 Å². The number of amides is 2. The Balaban J connectivity index is 1.61. The van der Waals surface area contributed by atoms with Crippen molar-refractivity contribution in [3.63, 3.8) is 0 Å². The lowest BCUT2D eigenvalue weighted by molar-refractivity contribution is 0.205. The lowest BCUT2D eigenvalue weighted by Crippen LogP contribution is -2.40. The molecule has 3 nitrogen and oxygen atoms in total. The molecule has 0 bridgehead atoms. The third-order valence-corrected chi connectivity index (χ3v) is 5.01. The van der Waals surface area contributed by atoms with Crippen LogP contribution in [-0.2, 0) is 12.0 Å². The van der Waals surface area contributed by atoms with Gasteiger partial charge in [0.25, 0.3) is 0 Å². The van der Waals surface area contributed by atoms with E-state index >= 15 is 0 Å². The summed E-state index contributed by atoms with van der Waals surface area (Å²) in [4.78, 5) is 13.9. The van der Waals surface area contributed by atoms with Gasteiger partial charge in [0, 0.05) is 30.1 Å². The quantitative estimate of drug-likeness (QED) is 0.877. The van der Waals surface area contributed by atoms with Crippen molar-refractivity contribution < 1.29 is 9.18 Å². The maximum absolute atomic E-state index is 13.2. The van der Waals surface area contributed by atoms with Gasteiger partial charge in [0.2, 0.25) is 0 Å². The van der Waals surface area contributed by atoms with E-state index in [-0.39, 0.29) is 23.3 Å². The van der Waals surface area contributed by atoms with Gasteiger partial charge in [-0.3, -0.25) is 0 Å².